The predicted molar refractivity (Wildman–Crippen MR) is 221 cm³/mol. The third kappa shape index (κ3) is 5.57. The molecule has 0 atom stereocenters. The van der Waals surface area contributed by atoms with Crippen LogP contribution in [0.5, 0.6) is 0 Å². The summed E-state index contributed by atoms with van der Waals surface area (Å²) in [4.78, 5) is 15.5. The van der Waals surface area contributed by atoms with Crippen LogP contribution >= 0.6 is 22.7 Å². The summed E-state index contributed by atoms with van der Waals surface area (Å²) >= 11 is 3.56. The minimum absolute atomic E-state index is 0.701. The van der Waals surface area contributed by atoms with Gasteiger partial charge >= 0.3 is 0 Å². The van der Waals surface area contributed by atoms with Gasteiger partial charge in [-0.2, -0.15) is 0 Å². The summed E-state index contributed by atoms with van der Waals surface area (Å²) < 4.78 is 3.67. The van der Waals surface area contributed by atoms with E-state index >= 15 is 0 Å². The Morgan fingerprint density at radius 3 is 1.77 bits per heavy atom. The molecule has 3 aromatic heterocycles. The minimum Gasteiger partial charge on any atom is -0.236 e. The van der Waals surface area contributed by atoms with Gasteiger partial charge in [-0.1, -0.05) is 140 Å². The van der Waals surface area contributed by atoms with Crippen LogP contribution in [0.2, 0.25) is 0 Å². The first-order valence-electron chi connectivity index (χ1n) is 17.3. The number of thiophene rings is 1. The molecule has 5 heteroatoms. The van der Waals surface area contributed by atoms with E-state index in [4.69, 9.17) is 15.0 Å². The number of rotatable bonds is 6. The highest BCUT2D eigenvalue weighted by molar-refractivity contribution is 7.26. The van der Waals surface area contributed by atoms with Gasteiger partial charge in [-0.15, -0.1) is 22.7 Å². The highest BCUT2D eigenvalue weighted by Crippen LogP contribution is 2.43. The van der Waals surface area contributed by atoms with Crippen molar-refractivity contribution in [3.8, 4) is 66.7 Å². The average molecular weight is 700 g/mol. The Kier molecular flexibility index (Phi) is 7.52. The summed E-state index contributed by atoms with van der Waals surface area (Å²) in [6, 6.07) is 62.0. The molecule has 0 amide bonds. The lowest BCUT2D eigenvalue weighted by molar-refractivity contribution is 1.19. The van der Waals surface area contributed by atoms with Gasteiger partial charge < -0.3 is 0 Å². The van der Waals surface area contributed by atoms with Gasteiger partial charge in [0.15, 0.2) is 5.82 Å². The second-order valence-corrected chi connectivity index (χ2v) is 14.9. The summed E-state index contributed by atoms with van der Waals surface area (Å²) in [5, 5.41) is 3.48. The lowest BCUT2D eigenvalue weighted by Crippen LogP contribution is -1.96. The largest absolute Gasteiger partial charge is 0.236 e. The lowest BCUT2D eigenvalue weighted by atomic mass is 9.99. The standard InChI is InChI=1S/C47H29N3S2/c1-3-11-30(12-4-1)32-21-23-33(24-22-32)40-29-41(49-46(48-40)35-16-9-15-34(27-35)31-13-5-2-6-14-31)37-17-10-20-43-45(37)38-26-25-36(28-44(38)51-43)47-50-39-18-7-8-19-42(39)52-47/h1-29H. The average Bonchev–Trinajstić information content (AvgIpc) is 3.83. The Bertz CT molecular complexity index is 2860. The number of hydrogen-bond donors (Lipinski definition) is 0. The molecule has 0 spiro atoms. The molecule has 10 aromatic rings. The van der Waals surface area contributed by atoms with Gasteiger partial charge in [0.2, 0.25) is 0 Å². The molecule has 0 saturated heterocycles. The number of para-hydroxylation sites is 1. The normalized spacial score (nSPS) is 11.5. The number of nitrogens with zero attached hydrogens (tertiary/aromatic N) is 3. The molecule has 0 bridgehead atoms. The van der Waals surface area contributed by atoms with Gasteiger partial charge in [-0.05, 0) is 58.7 Å². The minimum atomic E-state index is 0.701. The van der Waals surface area contributed by atoms with Crippen LogP contribution in [-0.4, -0.2) is 15.0 Å². The molecule has 52 heavy (non-hydrogen) atoms. The zero-order valence-corrected chi connectivity index (χ0v) is 29.5. The predicted octanol–water partition coefficient (Wildman–Crippen LogP) is 13.5. The van der Waals surface area contributed by atoms with Crippen molar-refractivity contribution in [2.24, 2.45) is 0 Å². The van der Waals surface area contributed by atoms with Gasteiger partial charge in [0.25, 0.3) is 0 Å². The third-order valence-electron chi connectivity index (χ3n) is 9.56. The summed E-state index contributed by atoms with van der Waals surface area (Å²) in [6.07, 6.45) is 0. The molecule has 0 aliphatic heterocycles. The first-order chi connectivity index (χ1) is 25.7. The van der Waals surface area contributed by atoms with E-state index in [-0.39, 0.29) is 0 Å². The lowest BCUT2D eigenvalue weighted by Gasteiger charge is -2.12. The van der Waals surface area contributed by atoms with E-state index < -0.39 is 0 Å². The Labute approximate surface area is 309 Å². The van der Waals surface area contributed by atoms with Crippen molar-refractivity contribution >= 4 is 53.1 Å². The van der Waals surface area contributed by atoms with Crippen LogP contribution in [0.15, 0.2) is 176 Å². The maximum absolute atomic E-state index is 5.31. The fourth-order valence-corrected chi connectivity index (χ4v) is 9.10. The van der Waals surface area contributed by atoms with E-state index in [1.165, 1.54) is 36.0 Å². The molecule has 3 nitrogen and oxygen atoms in total. The smallest absolute Gasteiger partial charge is 0.160 e. The van der Waals surface area contributed by atoms with Crippen LogP contribution in [0.4, 0.5) is 0 Å². The van der Waals surface area contributed by atoms with Crippen molar-refractivity contribution in [2.75, 3.05) is 0 Å². The molecule has 0 N–H and O–H groups in total. The SMILES string of the molecule is c1ccc(-c2ccc(-c3cc(-c4cccc5sc6cc(-c7nc8ccccc8s7)ccc6c45)nc(-c4cccc(-c5ccccc5)c4)n3)cc2)cc1. The van der Waals surface area contributed by atoms with Crippen LogP contribution in [0.1, 0.15) is 0 Å². The molecule has 3 heterocycles. The van der Waals surface area contributed by atoms with Crippen LogP contribution in [0.3, 0.4) is 0 Å². The van der Waals surface area contributed by atoms with Gasteiger partial charge in [0, 0.05) is 42.4 Å². The summed E-state index contributed by atoms with van der Waals surface area (Å²) in [5.74, 6) is 0.701. The second kappa shape index (κ2) is 12.8. The Morgan fingerprint density at radius 1 is 0.346 bits per heavy atom. The topological polar surface area (TPSA) is 38.7 Å². The van der Waals surface area contributed by atoms with Crippen molar-refractivity contribution in [3.05, 3.63) is 176 Å². The van der Waals surface area contributed by atoms with Crippen molar-refractivity contribution in [2.45, 2.75) is 0 Å². The number of fused-ring (bicyclic) bond motifs is 4. The Hall–Kier alpha value is -6.27. The van der Waals surface area contributed by atoms with Crippen LogP contribution < -0.4 is 0 Å². The second-order valence-electron chi connectivity index (χ2n) is 12.8. The van der Waals surface area contributed by atoms with Crippen LogP contribution in [0.25, 0.3) is 97.1 Å². The zero-order valence-electron chi connectivity index (χ0n) is 27.9. The molecule has 0 saturated carbocycles. The maximum atomic E-state index is 5.31. The first kappa shape index (κ1) is 30.5. The monoisotopic (exact) mass is 699 g/mol. The summed E-state index contributed by atoms with van der Waals surface area (Å²) in [7, 11) is 0. The first-order valence-corrected chi connectivity index (χ1v) is 18.9. The van der Waals surface area contributed by atoms with Crippen molar-refractivity contribution in [3.63, 3.8) is 0 Å². The van der Waals surface area contributed by atoms with Crippen LogP contribution in [0, 0.1) is 0 Å². The fraction of sp³-hybridized carbons (Fsp3) is 0. The summed E-state index contributed by atoms with van der Waals surface area (Å²) in [5.41, 5.74) is 11.8. The molecular formula is C47H29N3S2. The number of benzene rings is 7. The van der Waals surface area contributed by atoms with Gasteiger partial charge in [-0.3, -0.25) is 0 Å². The Morgan fingerprint density at radius 2 is 0.962 bits per heavy atom. The van der Waals surface area contributed by atoms with E-state index in [9.17, 15) is 0 Å². The van der Waals surface area contributed by atoms with Gasteiger partial charge in [0.1, 0.15) is 5.01 Å². The molecular weight excluding hydrogens is 671 g/mol. The molecule has 244 valence electrons. The molecule has 0 fully saturated rings. The van der Waals surface area contributed by atoms with Gasteiger partial charge in [0.05, 0.1) is 21.6 Å². The number of thiazole rings is 1. The van der Waals surface area contributed by atoms with E-state index in [1.54, 1.807) is 11.3 Å². The zero-order chi connectivity index (χ0) is 34.4. The number of aromatic nitrogens is 3. The van der Waals surface area contributed by atoms with E-state index in [1.807, 2.05) is 29.5 Å². The van der Waals surface area contributed by atoms with Crippen molar-refractivity contribution in [1.82, 2.24) is 15.0 Å². The molecule has 0 unspecified atom stereocenters. The Balaban J connectivity index is 1.13. The maximum Gasteiger partial charge on any atom is 0.160 e. The van der Waals surface area contributed by atoms with Crippen molar-refractivity contribution < 1.29 is 0 Å². The van der Waals surface area contributed by atoms with Crippen LogP contribution in [-0.2, 0) is 0 Å². The highest BCUT2D eigenvalue weighted by Gasteiger charge is 2.17. The molecule has 0 aliphatic rings. The molecule has 0 aliphatic carbocycles. The van der Waals surface area contributed by atoms with E-state index in [0.717, 1.165) is 55.3 Å². The fourth-order valence-electron chi connectivity index (χ4n) is 6.96. The highest BCUT2D eigenvalue weighted by atomic mass is 32.1. The van der Waals surface area contributed by atoms with Crippen molar-refractivity contribution in [1.29, 1.82) is 0 Å². The van der Waals surface area contributed by atoms with E-state index in [0.29, 0.717) is 5.82 Å². The molecule has 7 aromatic carbocycles. The number of hydrogen-bond acceptors (Lipinski definition) is 5. The summed E-state index contributed by atoms with van der Waals surface area (Å²) in [6.45, 7) is 0. The van der Waals surface area contributed by atoms with Gasteiger partial charge in [-0.25, -0.2) is 15.0 Å². The van der Waals surface area contributed by atoms with E-state index in [2.05, 4.69) is 158 Å². The molecule has 10 rings (SSSR count). The quantitative estimate of drug-likeness (QED) is 0.173. The molecule has 0 radical (unpaired) electrons. The third-order valence-corrected chi connectivity index (χ3v) is 11.8.